The third-order valence-corrected chi connectivity index (χ3v) is 7.00. The Morgan fingerprint density at radius 3 is 2.20 bits per heavy atom. The van der Waals surface area contributed by atoms with E-state index >= 15 is 0 Å². The molecule has 4 nitrogen and oxygen atoms in total. The Labute approximate surface area is 185 Å². The standard InChI is InChI=1S/C25H31N3OS/c1-17-5-7-19(8-6-17)26-22-25(15-13-18(14-16-25)24(2,3)4)28(23(30)27-22)20-9-11-21(29)12-10-20/h5-12,18,29H,13-16H2,1-4H3,(H,26,27,30). The van der Waals surface area contributed by atoms with Crippen molar-refractivity contribution in [1.29, 1.82) is 0 Å². The second kappa shape index (κ2) is 7.69. The summed E-state index contributed by atoms with van der Waals surface area (Å²) in [5.74, 6) is 1.88. The van der Waals surface area contributed by atoms with Gasteiger partial charge in [0.25, 0.3) is 0 Å². The van der Waals surface area contributed by atoms with Crippen molar-refractivity contribution >= 4 is 34.5 Å². The minimum Gasteiger partial charge on any atom is -0.508 e. The molecule has 2 aromatic carbocycles. The fraction of sp³-hybridized carbons (Fsp3) is 0.440. The molecule has 1 aliphatic heterocycles. The van der Waals surface area contributed by atoms with E-state index in [1.165, 1.54) is 5.56 Å². The van der Waals surface area contributed by atoms with E-state index in [0.717, 1.165) is 42.9 Å². The normalized spacial score (nSPS) is 24.3. The lowest BCUT2D eigenvalue weighted by Gasteiger charge is -2.47. The number of anilines is 2. The summed E-state index contributed by atoms with van der Waals surface area (Å²) in [6, 6.07) is 15.7. The SMILES string of the molecule is Cc1ccc(NC2=NC(=S)N(c3ccc(O)cc3)C23CCC(C(C)(C)C)CC3)cc1. The van der Waals surface area contributed by atoms with Crippen LogP contribution in [0, 0.1) is 18.3 Å². The molecule has 2 N–H and O–H groups in total. The summed E-state index contributed by atoms with van der Waals surface area (Å²) in [7, 11) is 0. The molecule has 1 aliphatic carbocycles. The van der Waals surface area contributed by atoms with Crippen molar-refractivity contribution in [3.05, 3.63) is 54.1 Å². The number of nitrogens with one attached hydrogen (secondary N) is 1. The Kier molecular flexibility index (Phi) is 5.35. The van der Waals surface area contributed by atoms with E-state index < -0.39 is 0 Å². The molecule has 0 bridgehead atoms. The molecule has 5 heteroatoms. The lowest BCUT2D eigenvalue weighted by molar-refractivity contribution is 0.158. The monoisotopic (exact) mass is 421 g/mol. The minimum absolute atomic E-state index is 0.258. The van der Waals surface area contributed by atoms with Crippen molar-refractivity contribution in [2.45, 2.75) is 58.9 Å². The fourth-order valence-corrected chi connectivity index (χ4v) is 5.21. The summed E-state index contributed by atoms with van der Waals surface area (Å²) in [5.41, 5.74) is 3.27. The Balaban J connectivity index is 1.70. The average molecular weight is 422 g/mol. The van der Waals surface area contributed by atoms with Crippen molar-refractivity contribution in [2.75, 3.05) is 10.2 Å². The number of aryl methyl sites for hydroxylation is 1. The third-order valence-electron chi connectivity index (χ3n) is 6.73. The molecule has 0 atom stereocenters. The van der Waals surface area contributed by atoms with Gasteiger partial charge in [-0.25, -0.2) is 4.99 Å². The maximum atomic E-state index is 9.77. The van der Waals surface area contributed by atoms with Crippen molar-refractivity contribution in [3.63, 3.8) is 0 Å². The number of nitrogens with zero attached hydrogens (tertiary/aromatic N) is 2. The van der Waals surface area contributed by atoms with Gasteiger partial charge in [-0.1, -0.05) is 38.5 Å². The molecule has 0 saturated heterocycles. The number of amidine groups is 1. The van der Waals surface area contributed by atoms with Gasteiger partial charge in [-0.3, -0.25) is 0 Å². The molecule has 2 aromatic rings. The Morgan fingerprint density at radius 2 is 1.63 bits per heavy atom. The van der Waals surface area contributed by atoms with E-state index in [4.69, 9.17) is 17.2 Å². The molecule has 0 amide bonds. The summed E-state index contributed by atoms with van der Waals surface area (Å²) in [6.45, 7) is 9.11. The first-order valence-electron chi connectivity index (χ1n) is 10.8. The van der Waals surface area contributed by atoms with Crippen LogP contribution in [-0.4, -0.2) is 21.6 Å². The zero-order chi connectivity index (χ0) is 21.5. The number of hydrogen-bond acceptors (Lipinski definition) is 3. The van der Waals surface area contributed by atoms with Crippen LogP contribution in [0.25, 0.3) is 0 Å². The first-order chi connectivity index (χ1) is 14.2. The summed E-state index contributed by atoms with van der Waals surface area (Å²) in [5, 5.41) is 14.0. The predicted molar refractivity (Wildman–Crippen MR) is 130 cm³/mol. The van der Waals surface area contributed by atoms with Gasteiger partial charge in [0.05, 0.1) is 0 Å². The number of rotatable bonds is 2. The van der Waals surface area contributed by atoms with E-state index in [1.54, 1.807) is 12.1 Å². The maximum Gasteiger partial charge on any atom is 0.202 e. The molecule has 0 radical (unpaired) electrons. The van der Waals surface area contributed by atoms with E-state index in [-0.39, 0.29) is 11.3 Å². The van der Waals surface area contributed by atoms with Gasteiger partial charge in [0.1, 0.15) is 17.1 Å². The minimum atomic E-state index is -0.277. The molecule has 158 valence electrons. The summed E-state index contributed by atoms with van der Waals surface area (Å²) >= 11 is 5.76. The van der Waals surface area contributed by atoms with Crippen molar-refractivity contribution in [2.24, 2.45) is 16.3 Å². The predicted octanol–water partition coefficient (Wildman–Crippen LogP) is 6.29. The van der Waals surface area contributed by atoms with Crippen molar-refractivity contribution in [1.82, 2.24) is 0 Å². The van der Waals surface area contributed by atoms with Crippen molar-refractivity contribution < 1.29 is 5.11 Å². The second-order valence-corrected chi connectivity index (χ2v) is 10.1. The molecule has 30 heavy (non-hydrogen) atoms. The van der Waals surface area contributed by atoms with Crippen LogP contribution in [0.5, 0.6) is 5.75 Å². The van der Waals surface area contributed by atoms with Crippen LogP contribution < -0.4 is 10.2 Å². The molecular formula is C25H31N3OS. The highest BCUT2D eigenvalue weighted by atomic mass is 32.1. The molecular weight excluding hydrogens is 390 g/mol. The smallest absolute Gasteiger partial charge is 0.202 e. The summed E-state index contributed by atoms with van der Waals surface area (Å²) in [6.07, 6.45) is 4.26. The molecule has 1 heterocycles. The van der Waals surface area contributed by atoms with Crippen LogP contribution >= 0.6 is 12.2 Å². The van der Waals surface area contributed by atoms with Crippen LogP contribution in [0.15, 0.2) is 53.5 Å². The van der Waals surface area contributed by atoms with Crippen LogP contribution in [0.4, 0.5) is 11.4 Å². The number of phenolic OH excluding ortho intramolecular Hbond substituents is 1. The first kappa shape index (κ1) is 20.9. The quantitative estimate of drug-likeness (QED) is 0.559. The summed E-state index contributed by atoms with van der Waals surface area (Å²) < 4.78 is 0. The first-order valence-corrected chi connectivity index (χ1v) is 11.2. The van der Waals surface area contributed by atoms with E-state index in [1.807, 2.05) is 12.1 Å². The van der Waals surface area contributed by atoms with Gasteiger partial charge in [-0.05, 0) is 92.6 Å². The average Bonchev–Trinajstić information content (AvgIpc) is 2.95. The molecule has 2 aliphatic rings. The zero-order valence-corrected chi connectivity index (χ0v) is 19.1. The Bertz CT molecular complexity index is 949. The fourth-order valence-electron chi connectivity index (χ4n) is 4.84. The van der Waals surface area contributed by atoms with Crippen LogP contribution in [0.2, 0.25) is 0 Å². The number of thiocarbonyl (C=S) groups is 1. The molecule has 0 unspecified atom stereocenters. The maximum absolute atomic E-state index is 9.77. The largest absolute Gasteiger partial charge is 0.508 e. The number of aliphatic imine (C=N–C) groups is 1. The van der Waals surface area contributed by atoms with E-state index in [9.17, 15) is 5.11 Å². The molecule has 0 aromatic heterocycles. The van der Waals surface area contributed by atoms with Gasteiger partial charge in [0.2, 0.25) is 5.11 Å². The topological polar surface area (TPSA) is 47.9 Å². The molecule has 4 rings (SSSR count). The third kappa shape index (κ3) is 3.83. The number of aromatic hydroxyl groups is 1. The van der Waals surface area contributed by atoms with Gasteiger partial charge in [-0.15, -0.1) is 0 Å². The van der Waals surface area contributed by atoms with Crippen LogP contribution in [0.1, 0.15) is 52.0 Å². The van der Waals surface area contributed by atoms with Gasteiger partial charge in [0, 0.05) is 11.4 Å². The van der Waals surface area contributed by atoms with Crippen molar-refractivity contribution in [3.8, 4) is 5.75 Å². The lowest BCUT2D eigenvalue weighted by Crippen LogP contribution is -2.56. The van der Waals surface area contributed by atoms with Crippen LogP contribution in [0.3, 0.4) is 0 Å². The van der Waals surface area contributed by atoms with Gasteiger partial charge in [-0.2, -0.15) is 0 Å². The molecule has 1 spiro atoms. The van der Waals surface area contributed by atoms with Gasteiger partial charge < -0.3 is 15.3 Å². The highest BCUT2D eigenvalue weighted by Crippen LogP contribution is 2.48. The highest BCUT2D eigenvalue weighted by Gasteiger charge is 2.51. The summed E-state index contributed by atoms with van der Waals surface area (Å²) in [4.78, 5) is 7.06. The zero-order valence-electron chi connectivity index (χ0n) is 18.3. The Hall–Kier alpha value is -2.40. The lowest BCUT2D eigenvalue weighted by atomic mass is 9.66. The highest BCUT2D eigenvalue weighted by molar-refractivity contribution is 7.80. The number of benzene rings is 2. The van der Waals surface area contributed by atoms with Gasteiger partial charge in [0.15, 0.2) is 0 Å². The van der Waals surface area contributed by atoms with Crippen LogP contribution in [-0.2, 0) is 0 Å². The molecule has 1 fully saturated rings. The second-order valence-electron chi connectivity index (χ2n) is 9.76. The van der Waals surface area contributed by atoms with E-state index in [2.05, 4.69) is 62.2 Å². The molecule has 1 saturated carbocycles. The Morgan fingerprint density at radius 1 is 1.03 bits per heavy atom. The number of phenols is 1. The van der Waals surface area contributed by atoms with E-state index in [0.29, 0.717) is 16.4 Å². The van der Waals surface area contributed by atoms with Gasteiger partial charge >= 0.3 is 0 Å². The number of hydrogen-bond donors (Lipinski definition) is 2.